The number of hydrogen-bond acceptors (Lipinski definition) is 2. The van der Waals surface area contributed by atoms with E-state index in [9.17, 15) is 9.90 Å². The first kappa shape index (κ1) is 13.7. The lowest BCUT2D eigenvalue weighted by Crippen LogP contribution is -2.41. The zero-order valence-corrected chi connectivity index (χ0v) is 11.5. The van der Waals surface area contributed by atoms with E-state index in [1.807, 2.05) is 34.6 Å². The summed E-state index contributed by atoms with van der Waals surface area (Å²) in [6.07, 6.45) is 0.573. The van der Waals surface area contributed by atoms with Crippen molar-refractivity contribution in [2.45, 2.75) is 53.5 Å². The molecule has 0 aliphatic heterocycles. The summed E-state index contributed by atoms with van der Waals surface area (Å²) in [5.74, 6) is -0.517. The minimum atomic E-state index is -0.961. The molecular formula is C13H22N2O2. The minimum Gasteiger partial charge on any atom is -0.479 e. The van der Waals surface area contributed by atoms with E-state index in [4.69, 9.17) is 0 Å². The minimum absolute atomic E-state index is 0.306. The Morgan fingerprint density at radius 2 is 1.94 bits per heavy atom. The van der Waals surface area contributed by atoms with Gasteiger partial charge in [0.25, 0.3) is 0 Å². The molecule has 1 N–H and O–H groups in total. The van der Waals surface area contributed by atoms with Crippen LogP contribution in [0.1, 0.15) is 44.1 Å². The van der Waals surface area contributed by atoms with Crippen LogP contribution in [0.2, 0.25) is 0 Å². The monoisotopic (exact) mass is 238 g/mol. The summed E-state index contributed by atoms with van der Waals surface area (Å²) in [6, 6.07) is 0. The van der Waals surface area contributed by atoms with E-state index in [1.54, 1.807) is 11.6 Å². The number of carbonyl (C=O) groups is 1. The van der Waals surface area contributed by atoms with E-state index in [0.717, 1.165) is 17.0 Å². The molecule has 0 amide bonds. The number of aliphatic carboxylic acids is 1. The maximum Gasteiger partial charge on any atom is 0.331 e. The van der Waals surface area contributed by atoms with E-state index in [1.165, 1.54) is 0 Å². The van der Waals surface area contributed by atoms with Crippen LogP contribution in [0.3, 0.4) is 0 Å². The summed E-state index contributed by atoms with van der Waals surface area (Å²) >= 11 is 0. The van der Waals surface area contributed by atoms with Crippen molar-refractivity contribution in [1.29, 1.82) is 0 Å². The molecule has 1 aromatic heterocycles. The Kier molecular flexibility index (Phi) is 3.65. The predicted molar refractivity (Wildman–Crippen MR) is 67.2 cm³/mol. The first-order valence-electron chi connectivity index (χ1n) is 5.97. The molecule has 1 heterocycles. The Labute approximate surface area is 103 Å². The van der Waals surface area contributed by atoms with E-state index in [-0.39, 0.29) is 0 Å². The van der Waals surface area contributed by atoms with Gasteiger partial charge in [-0.25, -0.2) is 4.79 Å². The van der Waals surface area contributed by atoms with Gasteiger partial charge < -0.3 is 5.11 Å². The summed E-state index contributed by atoms with van der Waals surface area (Å²) in [5.41, 5.74) is 1.95. The van der Waals surface area contributed by atoms with Crippen LogP contribution in [-0.2, 0) is 10.3 Å². The van der Waals surface area contributed by atoms with Gasteiger partial charge in [-0.1, -0.05) is 13.8 Å². The van der Waals surface area contributed by atoms with Crippen LogP contribution in [0, 0.1) is 26.7 Å². The molecule has 0 saturated carbocycles. The normalized spacial score (nSPS) is 15.0. The number of nitrogens with zero attached hydrogens (tertiary/aromatic N) is 2. The van der Waals surface area contributed by atoms with Crippen LogP contribution < -0.4 is 0 Å². The number of rotatable bonds is 4. The Morgan fingerprint density at radius 3 is 2.24 bits per heavy atom. The Morgan fingerprint density at radius 1 is 1.41 bits per heavy atom. The highest BCUT2D eigenvalue weighted by Crippen LogP contribution is 2.28. The fraction of sp³-hybridized carbons (Fsp3) is 0.692. The van der Waals surface area contributed by atoms with Crippen molar-refractivity contribution in [3.63, 3.8) is 0 Å². The molecule has 0 aromatic carbocycles. The number of carboxylic acids is 1. The molecule has 0 aliphatic carbocycles. The smallest absolute Gasteiger partial charge is 0.331 e. The fourth-order valence-corrected chi connectivity index (χ4v) is 2.26. The van der Waals surface area contributed by atoms with Gasteiger partial charge in [-0.2, -0.15) is 5.10 Å². The molecule has 0 spiro atoms. The summed E-state index contributed by atoms with van der Waals surface area (Å²) < 4.78 is 1.67. The molecule has 1 unspecified atom stereocenters. The molecule has 96 valence electrons. The van der Waals surface area contributed by atoms with Crippen molar-refractivity contribution in [2.75, 3.05) is 0 Å². The summed E-state index contributed by atoms with van der Waals surface area (Å²) in [4.78, 5) is 11.6. The third-order valence-electron chi connectivity index (χ3n) is 3.39. The molecular weight excluding hydrogens is 216 g/mol. The molecule has 0 aliphatic rings. The van der Waals surface area contributed by atoms with Crippen LogP contribution in [0.5, 0.6) is 0 Å². The first-order valence-corrected chi connectivity index (χ1v) is 5.97. The fourth-order valence-electron chi connectivity index (χ4n) is 2.26. The number of carboxylic acid groups (broad SMARTS) is 1. The molecule has 1 atom stereocenters. The molecule has 0 bridgehead atoms. The molecule has 0 saturated heterocycles. The second-order valence-corrected chi connectivity index (χ2v) is 5.38. The predicted octanol–water partition coefficient (Wildman–Crippen LogP) is 2.65. The van der Waals surface area contributed by atoms with E-state index >= 15 is 0 Å². The molecule has 17 heavy (non-hydrogen) atoms. The lowest BCUT2D eigenvalue weighted by atomic mass is 9.90. The molecule has 4 heteroatoms. The third-order valence-corrected chi connectivity index (χ3v) is 3.39. The van der Waals surface area contributed by atoms with Gasteiger partial charge in [0.2, 0.25) is 0 Å². The van der Waals surface area contributed by atoms with Crippen molar-refractivity contribution in [3.8, 4) is 0 Å². The zero-order valence-electron chi connectivity index (χ0n) is 11.5. The van der Waals surface area contributed by atoms with E-state index in [2.05, 4.69) is 5.10 Å². The molecule has 0 radical (unpaired) electrons. The van der Waals surface area contributed by atoms with Crippen molar-refractivity contribution < 1.29 is 9.90 Å². The van der Waals surface area contributed by atoms with E-state index < -0.39 is 11.5 Å². The quantitative estimate of drug-likeness (QED) is 0.877. The van der Waals surface area contributed by atoms with Gasteiger partial charge in [0, 0.05) is 5.69 Å². The highest BCUT2D eigenvalue weighted by atomic mass is 16.4. The van der Waals surface area contributed by atoms with Crippen LogP contribution in [-0.4, -0.2) is 20.9 Å². The van der Waals surface area contributed by atoms with Gasteiger partial charge in [0.1, 0.15) is 0 Å². The maximum atomic E-state index is 11.6. The van der Waals surface area contributed by atoms with Crippen molar-refractivity contribution in [3.05, 3.63) is 17.0 Å². The topological polar surface area (TPSA) is 55.1 Å². The van der Waals surface area contributed by atoms with Gasteiger partial charge in [0.05, 0.1) is 5.69 Å². The summed E-state index contributed by atoms with van der Waals surface area (Å²) in [6.45, 7) is 11.6. The lowest BCUT2D eigenvalue weighted by Gasteiger charge is -2.28. The molecule has 4 nitrogen and oxygen atoms in total. The van der Waals surface area contributed by atoms with Crippen molar-refractivity contribution in [1.82, 2.24) is 9.78 Å². The highest BCUT2D eigenvalue weighted by molar-refractivity contribution is 5.76. The van der Waals surface area contributed by atoms with Gasteiger partial charge in [-0.15, -0.1) is 0 Å². The maximum absolute atomic E-state index is 11.6. The zero-order chi connectivity index (χ0) is 13.4. The Hall–Kier alpha value is -1.32. The number of aromatic nitrogens is 2. The van der Waals surface area contributed by atoms with Crippen LogP contribution >= 0.6 is 0 Å². The van der Waals surface area contributed by atoms with Crippen LogP contribution in [0.25, 0.3) is 0 Å². The SMILES string of the molecule is Cc1nn(C(C)(CC(C)C)C(=O)O)c(C)c1C. The van der Waals surface area contributed by atoms with Gasteiger partial charge in [-0.3, -0.25) is 4.68 Å². The molecule has 1 rings (SSSR count). The standard InChI is InChI=1S/C13H22N2O2/c1-8(2)7-13(6,12(16)17)15-11(5)9(3)10(4)14-15/h8H,7H2,1-6H3,(H,16,17). The van der Waals surface area contributed by atoms with Gasteiger partial charge >= 0.3 is 5.97 Å². The summed E-state index contributed by atoms with van der Waals surface area (Å²) in [5, 5.41) is 13.9. The van der Waals surface area contributed by atoms with Gasteiger partial charge in [0.15, 0.2) is 5.54 Å². The van der Waals surface area contributed by atoms with Gasteiger partial charge in [-0.05, 0) is 45.6 Å². The van der Waals surface area contributed by atoms with Crippen LogP contribution in [0.4, 0.5) is 0 Å². The number of hydrogen-bond donors (Lipinski definition) is 1. The third kappa shape index (κ3) is 2.35. The molecule has 0 fully saturated rings. The van der Waals surface area contributed by atoms with Crippen LogP contribution in [0.15, 0.2) is 0 Å². The lowest BCUT2D eigenvalue weighted by molar-refractivity contribution is -0.148. The average molecular weight is 238 g/mol. The van der Waals surface area contributed by atoms with E-state index in [0.29, 0.717) is 12.3 Å². The first-order chi connectivity index (χ1) is 7.70. The largest absolute Gasteiger partial charge is 0.479 e. The van der Waals surface area contributed by atoms with Crippen molar-refractivity contribution >= 4 is 5.97 Å². The number of aryl methyl sites for hydroxylation is 1. The Bertz CT molecular complexity index is 435. The Balaban J connectivity index is 3.32. The second kappa shape index (κ2) is 4.51. The highest BCUT2D eigenvalue weighted by Gasteiger charge is 2.38. The second-order valence-electron chi connectivity index (χ2n) is 5.38. The average Bonchev–Trinajstić information content (AvgIpc) is 2.45. The molecule has 1 aromatic rings. The van der Waals surface area contributed by atoms with Crippen molar-refractivity contribution in [2.24, 2.45) is 5.92 Å². The summed E-state index contributed by atoms with van der Waals surface area (Å²) in [7, 11) is 0.